The molecular weight excluding hydrogens is 420 g/mol. The SMILES string of the molecule is O=C(c1ccccc1)C1(O)O[C@H](CO)[C@@H](O[C@@H]2O[C@H](CO)[C@H](O)[C@H](O)[C@H]2O)[C@H](O)[C@H]1O. The highest BCUT2D eigenvalue weighted by atomic mass is 16.7. The predicted octanol–water partition coefficient (Wildman–Crippen LogP) is -4.14. The Morgan fingerprint density at radius 2 is 1.52 bits per heavy atom. The Bertz CT molecular complexity index is 743. The molecule has 2 saturated heterocycles. The van der Waals surface area contributed by atoms with Crippen LogP contribution in [-0.2, 0) is 14.2 Å². The zero-order valence-electron chi connectivity index (χ0n) is 16.2. The van der Waals surface area contributed by atoms with E-state index in [1.165, 1.54) is 24.3 Å². The van der Waals surface area contributed by atoms with Crippen LogP contribution in [-0.4, -0.2) is 121 Å². The van der Waals surface area contributed by atoms with Gasteiger partial charge in [0.1, 0.15) is 48.8 Å². The normalized spacial score (nSPS) is 43.5. The first kappa shape index (κ1) is 24.1. The first-order chi connectivity index (χ1) is 14.7. The lowest BCUT2D eigenvalue weighted by atomic mass is 9.87. The maximum absolute atomic E-state index is 12.7. The lowest BCUT2D eigenvalue weighted by Gasteiger charge is -2.48. The van der Waals surface area contributed by atoms with Crippen molar-refractivity contribution in [2.24, 2.45) is 0 Å². The quantitative estimate of drug-likeness (QED) is 0.196. The summed E-state index contributed by atoms with van der Waals surface area (Å²) in [6.07, 6.45) is -15.7. The topological polar surface area (TPSA) is 207 Å². The smallest absolute Gasteiger partial charge is 0.261 e. The minimum Gasteiger partial charge on any atom is -0.394 e. The number of carbonyl (C=O) groups excluding carboxylic acids is 1. The van der Waals surface area contributed by atoms with Gasteiger partial charge in [0.05, 0.1) is 13.2 Å². The number of aliphatic hydroxyl groups is 8. The van der Waals surface area contributed by atoms with E-state index < -0.39 is 79.9 Å². The van der Waals surface area contributed by atoms with Gasteiger partial charge in [0.25, 0.3) is 5.79 Å². The second kappa shape index (κ2) is 9.52. The molecule has 31 heavy (non-hydrogen) atoms. The molecule has 8 N–H and O–H groups in total. The molecule has 10 atom stereocenters. The highest BCUT2D eigenvalue weighted by molar-refractivity contribution is 6.01. The standard InChI is InChI=1S/C19H26O12/c20-6-9-11(22)12(23)13(24)18(29-9)30-15-10(7-21)31-19(28,17(27)14(15)25)16(26)8-4-2-1-3-5-8/h1-5,9-15,17-18,20-25,27-28H,6-7H2/t9-,10-,11+,12+,13-,14+,15-,17-,18+,19?/m1/s1. The van der Waals surface area contributed by atoms with Gasteiger partial charge in [0.15, 0.2) is 6.29 Å². The lowest BCUT2D eigenvalue weighted by Crippen LogP contribution is -2.70. The first-order valence-corrected chi connectivity index (χ1v) is 9.58. The van der Waals surface area contributed by atoms with Crippen LogP contribution in [0.2, 0.25) is 0 Å². The monoisotopic (exact) mass is 446 g/mol. The maximum atomic E-state index is 12.7. The van der Waals surface area contributed by atoms with Gasteiger partial charge in [-0.2, -0.15) is 0 Å². The van der Waals surface area contributed by atoms with Crippen LogP contribution in [0.1, 0.15) is 10.4 Å². The zero-order chi connectivity index (χ0) is 22.9. The molecule has 0 aromatic heterocycles. The molecule has 1 aromatic rings. The van der Waals surface area contributed by atoms with Crippen LogP contribution in [0.5, 0.6) is 0 Å². The van der Waals surface area contributed by atoms with E-state index in [1.54, 1.807) is 6.07 Å². The number of Topliss-reactive ketones (excluding diaryl/α,β-unsaturated/α-hetero) is 1. The summed E-state index contributed by atoms with van der Waals surface area (Å²) in [6.45, 7) is -1.61. The van der Waals surface area contributed by atoms with E-state index in [-0.39, 0.29) is 5.56 Å². The summed E-state index contributed by atoms with van der Waals surface area (Å²) in [5.74, 6) is -3.98. The number of aliphatic hydroxyl groups excluding tert-OH is 7. The van der Waals surface area contributed by atoms with Crippen molar-refractivity contribution < 1.29 is 59.9 Å². The number of rotatable bonds is 6. The highest BCUT2D eigenvalue weighted by Gasteiger charge is 2.59. The Morgan fingerprint density at radius 3 is 2.10 bits per heavy atom. The van der Waals surface area contributed by atoms with Crippen LogP contribution >= 0.6 is 0 Å². The number of hydrogen-bond donors (Lipinski definition) is 8. The summed E-state index contributed by atoms with van der Waals surface area (Å²) >= 11 is 0. The van der Waals surface area contributed by atoms with Crippen molar-refractivity contribution >= 4 is 5.78 Å². The Balaban J connectivity index is 1.82. The van der Waals surface area contributed by atoms with Crippen LogP contribution in [0.15, 0.2) is 30.3 Å². The van der Waals surface area contributed by atoms with Crippen molar-refractivity contribution in [3.63, 3.8) is 0 Å². The molecule has 2 heterocycles. The Hall–Kier alpha value is -1.55. The van der Waals surface area contributed by atoms with Crippen LogP contribution < -0.4 is 0 Å². The van der Waals surface area contributed by atoms with Crippen molar-refractivity contribution in [2.45, 2.75) is 60.9 Å². The van der Waals surface area contributed by atoms with Crippen LogP contribution in [0.3, 0.4) is 0 Å². The molecule has 0 amide bonds. The van der Waals surface area contributed by atoms with Gasteiger partial charge in [-0.15, -0.1) is 0 Å². The molecule has 2 fully saturated rings. The molecule has 3 rings (SSSR count). The van der Waals surface area contributed by atoms with Gasteiger partial charge < -0.3 is 55.1 Å². The Kier molecular flexibility index (Phi) is 7.40. The van der Waals surface area contributed by atoms with E-state index in [0.29, 0.717) is 0 Å². The van der Waals surface area contributed by atoms with E-state index >= 15 is 0 Å². The van der Waals surface area contributed by atoms with Gasteiger partial charge in [-0.1, -0.05) is 30.3 Å². The highest BCUT2D eigenvalue weighted by Crippen LogP contribution is 2.34. The number of hydrogen-bond acceptors (Lipinski definition) is 12. The molecule has 0 aliphatic carbocycles. The van der Waals surface area contributed by atoms with E-state index in [4.69, 9.17) is 14.2 Å². The van der Waals surface area contributed by atoms with Gasteiger partial charge >= 0.3 is 0 Å². The molecule has 0 radical (unpaired) electrons. The maximum Gasteiger partial charge on any atom is 0.261 e. The summed E-state index contributed by atoms with van der Waals surface area (Å²) < 4.78 is 15.8. The number of carbonyl (C=O) groups is 1. The van der Waals surface area contributed by atoms with Crippen molar-refractivity contribution in [3.05, 3.63) is 35.9 Å². The van der Waals surface area contributed by atoms with Crippen LogP contribution in [0, 0.1) is 0 Å². The Morgan fingerprint density at radius 1 is 0.903 bits per heavy atom. The molecule has 0 spiro atoms. The van der Waals surface area contributed by atoms with Gasteiger partial charge in [-0.3, -0.25) is 4.79 Å². The third kappa shape index (κ3) is 4.37. The number of ether oxygens (including phenoxy) is 3. The summed E-state index contributed by atoms with van der Waals surface area (Å²) in [6, 6.07) is 7.35. The third-order valence-electron chi connectivity index (χ3n) is 5.44. The molecule has 2 aliphatic rings. The third-order valence-corrected chi connectivity index (χ3v) is 5.44. The second-order valence-electron chi connectivity index (χ2n) is 7.46. The first-order valence-electron chi connectivity index (χ1n) is 9.58. The molecule has 12 nitrogen and oxygen atoms in total. The fourth-order valence-corrected chi connectivity index (χ4v) is 3.63. The average Bonchev–Trinajstić information content (AvgIpc) is 2.79. The predicted molar refractivity (Wildman–Crippen MR) is 98.3 cm³/mol. The molecule has 2 aliphatic heterocycles. The van der Waals surface area contributed by atoms with Gasteiger partial charge in [0.2, 0.25) is 5.78 Å². The van der Waals surface area contributed by atoms with Crippen LogP contribution in [0.25, 0.3) is 0 Å². The van der Waals surface area contributed by atoms with E-state index in [9.17, 15) is 45.6 Å². The number of ketones is 1. The van der Waals surface area contributed by atoms with Gasteiger partial charge in [0, 0.05) is 5.56 Å². The molecule has 0 saturated carbocycles. The van der Waals surface area contributed by atoms with Gasteiger partial charge in [-0.25, -0.2) is 0 Å². The molecule has 12 heteroatoms. The summed E-state index contributed by atoms with van der Waals surface area (Å²) in [5.41, 5.74) is -0.0266. The average molecular weight is 446 g/mol. The minimum absolute atomic E-state index is 0.0266. The Labute approximate surface area is 176 Å². The van der Waals surface area contributed by atoms with Gasteiger partial charge in [-0.05, 0) is 0 Å². The van der Waals surface area contributed by atoms with E-state index in [2.05, 4.69) is 0 Å². The zero-order valence-corrected chi connectivity index (χ0v) is 16.2. The number of benzene rings is 1. The van der Waals surface area contributed by atoms with Crippen molar-refractivity contribution in [2.75, 3.05) is 13.2 Å². The fraction of sp³-hybridized carbons (Fsp3) is 0.632. The molecular formula is C19H26O12. The summed E-state index contributed by atoms with van der Waals surface area (Å²) in [5, 5.41) is 80.5. The molecule has 0 bridgehead atoms. The fourth-order valence-electron chi connectivity index (χ4n) is 3.63. The lowest BCUT2D eigenvalue weighted by molar-refractivity contribution is -0.369. The second-order valence-corrected chi connectivity index (χ2v) is 7.46. The molecule has 174 valence electrons. The largest absolute Gasteiger partial charge is 0.394 e. The summed E-state index contributed by atoms with van der Waals surface area (Å²) in [7, 11) is 0. The van der Waals surface area contributed by atoms with E-state index in [1.807, 2.05) is 0 Å². The van der Waals surface area contributed by atoms with Crippen LogP contribution in [0.4, 0.5) is 0 Å². The van der Waals surface area contributed by atoms with E-state index in [0.717, 1.165) is 0 Å². The summed E-state index contributed by atoms with van der Waals surface area (Å²) in [4.78, 5) is 12.7. The molecule has 1 aromatic carbocycles. The molecule has 1 unspecified atom stereocenters. The van der Waals surface area contributed by atoms with Crippen molar-refractivity contribution in [3.8, 4) is 0 Å². The minimum atomic E-state index is -2.91. The van der Waals surface area contributed by atoms with Crippen molar-refractivity contribution in [1.29, 1.82) is 0 Å². The van der Waals surface area contributed by atoms with Crippen molar-refractivity contribution in [1.82, 2.24) is 0 Å².